The number of aliphatic hydroxyl groups excluding tert-OH is 1. The summed E-state index contributed by atoms with van der Waals surface area (Å²) in [6.45, 7) is 6.74. The van der Waals surface area contributed by atoms with Crippen molar-refractivity contribution >= 4 is 28.6 Å². The van der Waals surface area contributed by atoms with Crippen LogP contribution < -0.4 is 4.74 Å². The summed E-state index contributed by atoms with van der Waals surface area (Å²) in [5.74, 6) is -2.01. The Morgan fingerprint density at radius 2 is 1.58 bits per heavy atom. The van der Waals surface area contributed by atoms with Crippen LogP contribution in [0.2, 0.25) is 5.02 Å². The lowest BCUT2D eigenvalue weighted by atomic mass is 9.98. The van der Waals surface area contributed by atoms with Gasteiger partial charge in [-0.25, -0.2) is 13.6 Å². The fourth-order valence-electron chi connectivity index (χ4n) is 5.74. The number of fused-ring (bicyclic) bond motifs is 1. The van der Waals surface area contributed by atoms with Gasteiger partial charge in [0.1, 0.15) is 17.1 Å². The molecule has 1 aliphatic rings. The molecule has 0 saturated carbocycles. The van der Waals surface area contributed by atoms with E-state index in [9.17, 15) is 4.79 Å². The second-order valence-electron chi connectivity index (χ2n) is 11.4. The molecule has 12 heteroatoms. The molecular weight excluding hydrogens is 642 g/mol. The van der Waals surface area contributed by atoms with E-state index >= 15 is 8.78 Å². The van der Waals surface area contributed by atoms with E-state index in [1.807, 2.05) is 12.1 Å². The summed E-state index contributed by atoms with van der Waals surface area (Å²) in [7, 11) is 1.23. The molecule has 1 saturated heterocycles. The number of esters is 1. The number of piperazine rings is 1. The minimum atomic E-state index is -0.824. The van der Waals surface area contributed by atoms with Crippen molar-refractivity contribution in [3.05, 3.63) is 101 Å². The number of aliphatic hydroxyl groups is 1. The third kappa shape index (κ3) is 7.67. The molecular formula is C36H35ClF2N4O5. The van der Waals surface area contributed by atoms with Crippen LogP contribution in [0.25, 0.3) is 33.3 Å². The zero-order chi connectivity index (χ0) is 33.6. The van der Waals surface area contributed by atoms with E-state index in [0.717, 1.165) is 50.4 Å². The smallest absolute Gasteiger partial charge is 0.339 e. The molecule has 0 amide bonds. The summed E-state index contributed by atoms with van der Waals surface area (Å²) < 4.78 is 46.8. The molecule has 1 fully saturated rings. The van der Waals surface area contributed by atoms with Gasteiger partial charge in [-0.3, -0.25) is 9.80 Å². The molecule has 0 aliphatic carbocycles. The third-order valence-corrected chi connectivity index (χ3v) is 8.65. The van der Waals surface area contributed by atoms with Crippen molar-refractivity contribution in [2.24, 2.45) is 0 Å². The molecule has 2 heterocycles. The highest BCUT2D eigenvalue weighted by Crippen LogP contribution is 2.34. The highest BCUT2D eigenvalue weighted by molar-refractivity contribution is 6.33. The van der Waals surface area contributed by atoms with Crippen molar-refractivity contribution in [3.63, 3.8) is 0 Å². The lowest BCUT2D eigenvalue weighted by Gasteiger charge is -2.34. The average Bonchev–Trinajstić information content (AvgIpc) is 3.51. The van der Waals surface area contributed by atoms with Crippen LogP contribution in [0.4, 0.5) is 8.78 Å². The minimum Gasteiger partial charge on any atom is -0.465 e. The van der Waals surface area contributed by atoms with Gasteiger partial charge in [-0.1, -0.05) is 60.1 Å². The number of carbonyl (C=O) groups excluding carboxylic acids is 1. The van der Waals surface area contributed by atoms with Crippen LogP contribution in [0.15, 0.2) is 72.8 Å². The molecule has 0 bridgehead atoms. The fourth-order valence-corrected chi connectivity index (χ4v) is 5.93. The Bertz CT molecular complexity index is 1880. The number of H-pyrrole nitrogens is 1. The van der Waals surface area contributed by atoms with Crippen molar-refractivity contribution in [1.82, 2.24) is 19.8 Å². The molecule has 1 aromatic heterocycles. The number of nitrogens with one attached hydrogen (secondary N) is 1. The average molecular weight is 677 g/mol. The van der Waals surface area contributed by atoms with Crippen LogP contribution in [0.1, 0.15) is 15.9 Å². The first-order valence-corrected chi connectivity index (χ1v) is 16.0. The summed E-state index contributed by atoms with van der Waals surface area (Å²) in [5, 5.41) is 9.01. The van der Waals surface area contributed by atoms with Crippen molar-refractivity contribution in [3.8, 4) is 34.0 Å². The predicted molar refractivity (Wildman–Crippen MR) is 179 cm³/mol. The minimum absolute atomic E-state index is 0.0519. The number of benzene rings is 4. The molecule has 2 N–H and O–H groups in total. The maximum atomic E-state index is 15.7. The van der Waals surface area contributed by atoms with Crippen LogP contribution in [0.5, 0.6) is 11.8 Å². The van der Waals surface area contributed by atoms with Crippen molar-refractivity contribution in [1.29, 1.82) is 0 Å². The Labute approximate surface area is 281 Å². The van der Waals surface area contributed by atoms with Gasteiger partial charge < -0.3 is 24.3 Å². The van der Waals surface area contributed by atoms with Crippen LogP contribution in [-0.2, 0) is 16.0 Å². The quantitative estimate of drug-likeness (QED) is 0.114. The Kier molecular flexibility index (Phi) is 10.6. The van der Waals surface area contributed by atoms with Gasteiger partial charge >= 0.3 is 5.97 Å². The third-order valence-electron chi connectivity index (χ3n) is 8.32. The van der Waals surface area contributed by atoms with E-state index < -0.39 is 17.6 Å². The van der Waals surface area contributed by atoms with E-state index in [1.165, 1.54) is 36.9 Å². The maximum absolute atomic E-state index is 15.7. The monoisotopic (exact) mass is 676 g/mol. The lowest BCUT2D eigenvalue weighted by Crippen LogP contribution is -2.46. The fraction of sp³-hybridized carbons (Fsp3) is 0.278. The SMILES string of the molecule is COC(=O)c1cc(Oc2nc3c(F)c(-c4ccc(-c5ccc(CN6CCN(CCOCCO)CC6)cc5)cc4)c(F)cc3[nH]2)ccc1Cl. The molecule has 1 aliphatic heterocycles. The highest BCUT2D eigenvalue weighted by Gasteiger charge is 2.21. The largest absolute Gasteiger partial charge is 0.465 e. The molecule has 0 radical (unpaired) electrons. The van der Waals surface area contributed by atoms with Gasteiger partial charge in [-0.05, 0) is 40.5 Å². The summed E-state index contributed by atoms with van der Waals surface area (Å²) in [6.07, 6.45) is 0. The van der Waals surface area contributed by atoms with Gasteiger partial charge in [0.2, 0.25) is 0 Å². The molecule has 4 aromatic carbocycles. The molecule has 0 atom stereocenters. The number of rotatable bonds is 12. The van der Waals surface area contributed by atoms with Gasteiger partial charge in [-0.15, -0.1) is 0 Å². The number of hydrogen-bond acceptors (Lipinski definition) is 8. The Balaban J connectivity index is 1.11. The number of halogens is 3. The summed E-state index contributed by atoms with van der Waals surface area (Å²) in [4.78, 5) is 23.8. The van der Waals surface area contributed by atoms with E-state index in [0.29, 0.717) is 18.8 Å². The molecule has 250 valence electrons. The molecule has 48 heavy (non-hydrogen) atoms. The topological polar surface area (TPSA) is 100 Å². The summed E-state index contributed by atoms with van der Waals surface area (Å²) >= 11 is 6.07. The first-order valence-electron chi connectivity index (χ1n) is 15.6. The lowest BCUT2D eigenvalue weighted by molar-refractivity contribution is 0.0564. The number of hydrogen-bond donors (Lipinski definition) is 2. The number of aromatic nitrogens is 2. The molecule has 9 nitrogen and oxygen atoms in total. The summed E-state index contributed by atoms with van der Waals surface area (Å²) in [5.41, 5.74) is 3.45. The number of ether oxygens (including phenoxy) is 3. The van der Waals surface area contributed by atoms with Crippen molar-refractivity contribution < 1.29 is 32.9 Å². The Hall–Kier alpha value is -4.39. The second-order valence-corrected chi connectivity index (χ2v) is 11.9. The maximum Gasteiger partial charge on any atom is 0.339 e. The molecule has 0 spiro atoms. The summed E-state index contributed by atoms with van der Waals surface area (Å²) in [6, 6.07) is 20.9. The zero-order valence-electron chi connectivity index (χ0n) is 26.3. The number of imidazole rings is 1. The van der Waals surface area contributed by atoms with E-state index in [1.54, 1.807) is 12.1 Å². The van der Waals surface area contributed by atoms with Gasteiger partial charge in [0.25, 0.3) is 6.01 Å². The van der Waals surface area contributed by atoms with Crippen LogP contribution >= 0.6 is 11.6 Å². The molecule has 6 rings (SSSR count). The van der Waals surface area contributed by atoms with Gasteiger partial charge in [0.05, 0.1) is 48.6 Å². The van der Waals surface area contributed by atoms with Gasteiger partial charge in [0.15, 0.2) is 5.82 Å². The van der Waals surface area contributed by atoms with Crippen LogP contribution in [0, 0.1) is 11.6 Å². The molecule has 5 aromatic rings. The van der Waals surface area contributed by atoms with Crippen molar-refractivity contribution in [2.75, 3.05) is 59.7 Å². The van der Waals surface area contributed by atoms with Crippen molar-refractivity contribution in [2.45, 2.75) is 6.54 Å². The molecule has 0 unspecified atom stereocenters. The zero-order valence-corrected chi connectivity index (χ0v) is 27.1. The van der Waals surface area contributed by atoms with Gasteiger partial charge in [0, 0.05) is 45.3 Å². The predicted octanol–water partition coefficient (Wildman–Crippen LogP) is 6.53. The standard InChI is InChI=1S/C36H35ClF2N4O5/c1-46-35(45)28-20-27(10-11-29(28)37)48-36-40-31-21-30(38)32(33(39)34(31)41-36)26-8-6-25(7-9-26)24-4-2-23(3-5-24)22-43-14-12-42(13-15-43)16-18-47-19-17-44/h2-11,20-21,44H,12-19,22H2,1H3,(H,40,41). The van der Waals surface area contributed by atoms with Crippen LogP contribution in [0.3, 0.4) is 0 Å². The van der Waals surface area contributed by atoms with E-state index in [4.69, 9.17) is 30.9 Å². The van der Waals surface area contributed by atoms with Crippen LogP contribution in [-0.4, -0.2) is 90.5 Å². The first-order chi connectivity index (χ1) is 23.3. The Morgan fingerprint density at radius 3 is 2.27 bits per heavy atom. The normalized spacial score (nSPS) is 14.0. The number of carbonyl (C=O) groups is 1. The first kappa shape index (κ1) is 33.5. The number of nitrogens with zero attached hydrogens (tertiary/aromatic N) is 3. The van der Waals surface area contributed by atoms with E-state index in [2.05, 4.69) is 44.0 Å². The highest BCUT2D eigenvalue weighted by atomic mass is 35.5. The number of aromatic amines is 1. The Morgan fingerprint density at radius 1 is 0.917 bits per heavy atom. The van der Waals surface area contributed by atoms with Gasteiger partial charge in [-0.2, -0.15) is 4.98 Å². The van der Waals surface area contributed by atoms with E-state index in [-0.39, 0.29) is 45.5 Å². The second kappa shape index (κ2) is 15.2. The number of methoxy groups -OCH3 is 1.